The van der Waals surface area contributed by atoms with Crippen LogP contribution in [0.25, 0.3) is 0 Å². The van der Waals surface area contributed by atoms with Crippen molar-refractivity contribution in [3.63, 3.8) is 0 Å². The third-order valence-electron chi connectivity index (χ3n) is 14.2. The number of carboxylic acids is 1. The van der Waals surface area contributed by atoms with Crippen LogP contribution in [-0.4, -0.2) is 71.9 Å². The van der Waals surface area contributed by atoms with Crippen molar-refractivity contribution in [2.45, 2.75) is 117 Å². The first-order chi connectivity index (χ1) is 35.1. The molecule has 5 aromatic rings. The normalized spacial score (nSPS) is 17.0. The van der Waals surface area contributed by atoms with Gasteiger partial charge < -0.3 is 34.9 Å². The zero-order valence-corrected chi connectivity index (χ0v) is 41.9. The molecule has 0 aromatic heterocycles. The first-order valence-corrected chi connectivity index (χ1v) is 25.1. The number of benzene rings is 5. The number of carboxylic acid groups (broad SMARTS) is 1. The molecule has 0 unspecified atom stereocenters. The highest BCUT2D eigenvalue weighted by Crippen LogP contribution is 2.42. The van der Waals surface area contributed by atoms with Crippen LogP contribution >= 0.6 is 0 Å². The molecule has 4 heterocycles. The Kier molecular flexibility index (Phi) is 14.8. The average Bonchev–Trinajstić information content (AvgIpc) is 3.86. The molecule has 9 rings (SSSR count). The highest BCUT2D eigenvalue weighted by atomic mass is 16.5. The standard InChI is InChI=1S/C58H61N5O10/c1-33(2)55(61-53(65)16-10-11-17-54(66)67)49(64)21-35(4)56(68)60-41-23-36(31-72-50-29-46-45(20-34(50)3)58(70)63-43(30-59-46)26-40-13-7-9-15-48(40)63)22-37(24-41)32-73-52-27-38-18-19-42-25-39-12-6-8-14-47(39)62(42)57(69)44(38)28-51(52)71-5/h6-9,12-15,20,22-24,27-30,33,35,42-43,55H,10-11,16-19,21,25-26,31-32H2,1-5H3,(H,60,68)(H,61,65)(H,66,67)/t35-,42-,43+,55+/m1/s1. The smallest absolute Gasteiger partial charge is 0.303 e. The topological polar surface area (TPSA) is 193 Å². The van der Waals surface area contributed by atoms with Crippen molar-refractivity contribution < 1.29 is 48.1 Å². The molecule has 0 fully saturated rings. The van der Waals surface area contributed by atoms with E-state index in [1.165, 1.54) is 7.11 Å². The number of hydrogen-bond acceptors (Lipinski definition) is 10. The third kappa shape index (κ3) is 10.9. The van der Waals surface area contributed by atoms with Gasteiger partial charge in [-0.3, -0.25) is 38.7 Å². The average molecular weight is 988 g/mol. The zero-order valence-electron chi connectivity index (χ0n) is 41.9. The molecule has 378 valence electrons. The summed E-state index contributed by atoms with van der Waals surface area (Å²) >= 11 is 0. The number of Topliss-reactive ketones (excluding diaryl/α,β-unsaturated/α-hetero) is 1. The van der Waals surface area contributed by atoms with E-state index in [-0.39, 0.29) is 74.0 Å². The van der Waals surface area contributed by atoms with Crippen LogP contribution in [0.3, 0.4) is 0 Å². The van der Waals surface area contributed by atoms with E-state index in [1.54, 1.807) is 31.2 Å². The van der Waals surface area contributed by atoms with E-state index in [2.05, 4.69) is 16.7 Å². The molecule has 0 bridgehead atoms. The van der Waals surface area contributed by atoms with Gasteiger partial charge in [0.2, 0.25) is 11.8 Å². The Balaban J connectivity index is 0.939. The number of rotatable bonds is 19. The molecular weight excluding hydrogens is 927 g/mol. The summed E-state index contributed by atoms with van der Waals surface area (Å²) in [6, 6.07) is 27.7. The highest BCUT2D eigenvalue weighted by molar-refractivity contribution is 6.15. The number of para-hydroxylation sites is 2. The minimum Gasteiger partial charge on any atom is -0.493 e. The van der Waals surface area contributed by atoms with Crippen molar-refractivity contribution in [2.24, 2.45) is 16.8 Å². The molecule has 0 saturated heterocycles. The number of methoxy groups -OCH3 is 1. The van der Waals surface area contributed by atoms with Crippen LogP contribution in [0.15, 0.2) is 96.0 Å². The lowest BCUT2D eigenvalue weighted by Crippen LogP contribution is -2.45. The van der Waals surface area contributed by atoms with E-state index in [9.17, 15) is 28.8 Å². The van der Waals surface area contributed by atoms with Gasteiger partial charge in [-0.15, -0.1) is 0 Å². The fourth-order valence-corrected chi connectivity index (χ4v) is 10.4. The van der Waals surface area contributed by atoms with Crippen molar-refractivity contribution in [2.75, 3.05) is 22.2 Å². The number of hydrogen-bond donors (Lipinski definition) is 3. The summed E-state index contributed by atoms with van der Waals surface area (Å²) in [5.74, 6) is -1.79. The molecule has 4 aliphatic heterocycles. The minimum absolute atomic E-state index is 0.0396. The van der Waals surface area contributed by atoms with E-state index in [0.717, 1.165) is 46.5 Å². The first-order valence-electron chi connectivity index (χ1n) is 25.1. The number of aryl methyl sites for hydroxylation is 2. The summed E-state index contributed by atoms with van der Waals surface area (Å²) in [4.78, 5) is 87.9. The molecule has 0 spiro atoms. The van der Waals surface area contributed by atoms with Crippen molar-refractivity contribution in [1.82, 2.24) is 5.32 Å². The van der Waals surface area contributed by atoms with Gasteiger partial charge in [-0.1, -0.05) is 57.2 Å². The molecule has 5 aromatic carbocycles. The van der Waals surface area contributed by atoms with E-state index >= 15 is 0 Å². The Hall–Kier alpha value is -7.81. The molecule has 0 saturated carbocycles. The Morgan fingerprint density at radius 1 is 0.753 bits per heavy atom. The SMILES string of the molecule is COc1cc2c(cc1OCc1cc(COc3cc4c(cc3C)C(=O)N3c5ccccc5C[C@H]3C=N4)cc(NC(=O)[C@H](C)CC(=O)[C@@H](NC(=O)CCCCC(=O)O)C(C)C)c1)CC[C@@H]1Cc3ccccc3N1C2=O. The second kappa shape index (κ2) is 21.5. The number of aliphatic imine (C=N–C) groups is 1. The molecule has 15 nitrogen and oxygen atoms in total. The Labute approximate surface area is 424 Å². The molecule has 15 heteroatoms. The number of fused-ring (bicyclic) bond motifs is 8. The molecule has 4 aliphatic rings. The Bertz CT molecular complexity index is 3040. The number of anilines is 3. The number of amides is 4. The summed E-state index contributed by atoms with van der Waals surface area (Å²) in [5, 5.41) is 14.7. The Morgan fingerprint density at radius 3 is 2.11 bits per heavy atom. The largest absolute Gasteiger partial charge is 0.493 e. The molecule has 4 atom stereocenters. The van der Waals surface area contributed by atoms with Gasteiger partial charge in [0.1, 0.15) is 19.0 Å². The lowest BCUT2D eigenvalue weighted by Gasteiger charge is -2.23. The van der Waals surface area contributed by atoms with Gasteiger partial charge in [0, 0.05) is 72.5 Å². The number of carbonyl (C=O) groups is 6. The lowest BCUT2D eigenvalue weighted by atomic mass is 9.92. The summed E-state index contributed by atoms with van der Waals surface area (Å²) in [6.45, 7) is 7.30. The van der Waals surface area contributed by atoms with Gasteiger partial charge in [0.25, 0.3) is 11.8 Å². The van der Waals surface area contributed by atoms with E-state index in [1.807, 2.05) is 97.4 Å². The molecule has 0 radical (unpaired) electrons. The number of ketones is 1. The predicted molar refractivity (Wildman–Crippen MR) is 278 cm³/mol. The summed E-state index contributed by atoms with van der Waals surface area (Å²) in [6.07, 6.45) is 5.41. The molecule has 73 heavy (non-hydrogen) atoms. The quantitative estimate of drug-likeness (QED) is 0.0672. The van der Waals surface area contributed by atoms with Crippen LogP contribution in [-0.2, 0) is 51.7 Å². The maximum absolute atomic E-state index is 14.2. The maximum atomic E-state index is 14.2. The van der Waals surface area contributed by atoms with E-state index in [4.69, 9.17) is 24.3 Å². The van der Waals surface area contributed by atoms with Gasteiger partial charge in [-0.2, -0.15) is 0 Å². The molecular formula is C58H61N5O10. The van der Waals surface area contributed by atoms with Gasteiger partial charge in [0.15, 0.2) is 17.3 Å². The number of nitrogens with one attached hydrogen (secondary N) is 2. The van der Waals surface area contributed by atoms with Gasteiger partial charge in [0.05, 0.1) is 30.4 Å². The van der Waals surface area contributed by atoms with Crippen LogP contribution in [0.5, 0.6) is 17.2 Å². The number of aliphatic carboxylic acids is 1. The Morgan fingerprint density at radius 2 is 1.41 bits per heavy atom. The van der Waals surface area contributed by atoms with Gasteiger partial charge in [-0.25, -0.2) is 0 Å². The van der Waals surface area contributed by atoms with Crippen LogP contribution in [0.1, 0.15) is 113 Å². The fourth-order valence-electron chi connectivity index (χ4n) is 10.4. The minimum atomic E-state index is -0.931. The van der Waals surface area contributed by atoms with Crippen molar-refractivity contribution in [3.05, 3.63) is 136 Å². The first kappa shape index (κ1) is 50.1. The van der Waals surface area contributed by atoms with Crippen LogP contribution in [0.2, 0.25) is 0 Å². The fraction of sp³-hybridized carbons (Fsp3) is 0.362. The van der Waals surface area contributed by atoms with Crippen LogP contribution < -0.4 is 34.6 Å². The van der Waals surface area contributed by atoms with Crippen LogP contribution in [0, 0.1) is 18.8 Å². The van der Waals surface area contributed by atoms with Crippen LogP contribution in [0.4, 0.5) is 22.7 Å². The van der Waals surface area contributed by atoms with Gasteiger partial charge >= 0.3 is 5.97 Å². The number of nitrogens with zero attached hydrogens (tertiary/aromatic N) is 3. The lowest BCUT2D eigenvalue weighted by molar-refractivity contribution is -0.137. The number of ether oxygens (including phenoxy) is 3. The highest BCUT2D eigenvalue weighted by Gasteiger charge is 2.39. The predicted octanol–water partition coefficient (Wildman–Crippen LogP) is 9.29. The summed E-state index contributed by atoms with van der Waals surface area (Å²) in [7, 11) is 1.54. The monoisotopic (exact) mass is 987 g/mol. The third-order valence-corrected chi connectivity index (χ3v) is 14.2. The second-order valence-corrected chi connectivity index (χ2v) is 19.9. The number of carbonyl (C=O) groups excluding carboxylic acids is 5. The van der Waals surface area contributed by atoms with E-state index in [0.29, 0.717) is 76.6 Å². The van der Waals surface area contributed by atoms with E-state index < -0.39 is 23.8 Å². The van der Waals surface area contributed by atoms with Crippen molar-refractivity contribution >= 4 is 64.3 Å². The van der Waals surface area contributed by atoms with Crippen molar-refractivity contribution in [1.29, 1.82) is 0 Å². The molecule has 3 N–H and O–H groups in total. The molecule has 0 aliphatic carbocycles. The second-order valence-electron chi connectivity index (χ2n) is 19.9. The van der Waals surface area contributed by atoms with Gasteiger partial charge in [-0.05, 0) is 127 Å². The zero-order chi connectivity index (χ0) is 51.5. The summed E-state index contributed by atoms with van der Waals surface area (Å²) in [5.41, 5.74) is 9.08. The molecule has 4 amide bonds. The van der Waals surface area contributed by atoms with Crippen molar-refractivity contribution in [3.8, 4) is 17.2 Å². The summed E-state index contributed by atoms with van der Waals surface area (Å²) < 4.78 is 18.8. The number of unbranched alkanes of at least 4 members (excludes halogenated alkanes) is 1. The maximum Gasteiger partial charge on any atom is 0.303 e.